The molecule has 1 amide bonds. The molecule has 0 radical (unpaired) electrons. The van der Waals surface area contributed by atoms with Crippen molar-refractivity contribution in [3.05, 3.63) is 46.9 Å². The largest absolute Gasteiger partial charge is 0.497 e. The molecule has 1 aromatic carbocycles. The van der Waals surface area contributed by atoms with Gasteiger partial charge in [-0.05, 0) is 37.7 Å². The summed E-state index contributed by atoms with van der Waals surface area (Å²) < 4.78 is 5.20. The van der Waals surface area contributed by atoms with Crippen molar-refractivity contribution < 1.29 is 9.53 Å². The molecule has 3 heterocycles. The lowest BCUT2D eigenvalue weighted by Crippen LogP contribution is -2.47. The third kappa shape index (κ3) is 4.05. The molecule has 154 valence electrons. The van der Waals surface area contributed by atoms with Crippen LogP contribution in [0.1, 0.15) is 34.4 Å². The first-order valence-electron chi connectivity index (χ1n) is 10.4. The van der Waals surface area contributed by atoms with Gasteiger partial charge in [0.05, 0.1) is 19.3 Å². The second-order valence-electron chi connectivity index (χ2n) is 7.65. The first-order chi connectivity index (χ1) is 14.1. The molecule has 0 aliphatic carbocycles. The number of aromatic nitrogens is 2. The average molecular weight is 396 g/mol. The van der Waals surface area contributed by atoms with Crippen molar-refractivity contribution in [2.75, 3.05) is 51.3 Å². The highest BCUT2D eigenvalue weighted by Gasteiger charge is 2.29. The van der Waals surface area contributed by atoms with Gasteiger partial charge in [-0.15, -0.1) is 0 Å². The normalized spacial score (nSPS) is 17.2. The SMILES string of the molecule is CCN1CCN(c2nc(C)nc3c2CN(C(=O)c2ccc(OC)cc2)CC3)CC1. The minimum atomic E-state index is 0.0423. The van der Waals surface area contributed by atoms with Crippen molar-refractivity contribution in [1.29, 1.82) is 0 Å². The van der Waals surface area contributed by atoms with E-state index in [1.54, 1.807) is 7.11 Å². The molecule has 0 unspecified atom stereocenters. The summed E-state index contributed by atoms with van der Waals surface area (Å²) in [4.78, 5) is 29.3. The van der Waals surface area contributed by atoms with Crippen LogP contribution in [0.3, 0.4) is 0 Å². The van der Waals surface area contributed by atoms with E-state index < -0.39 is 0 Å². The molecule has 2 aliphatic heterocycles. The highest BCUT2D eigenvalue weighted by atomic mass is 16.5. The zero-order valence-corrected chi connectivity index (χ0v) is 17.5. The fourth-order valence-corrected chi connectivity index (χ4v) is 4.14. The Morgan fingerprint density at radius 1 is 1.07 bits per heavy atom. The number of aryl methyl sites for hydroxylation is 1. The average Bonchev–Trinajstić information content (AvgIpc) is 2.78. The highest BCUT2D eigenvalue weighted by Crippen LogP contribution is 2.28. The van der Waals surface area contributed by atoms with Crippen molar-refractivity contribution in [2.45, 2.75) is 26.8 Å². The highest BCUT2D eigenvalue weighted by molar-refractivity contribution is 5.94. The Morgan fingerprint density at radius 2 is 1.79 bits per heavy atom. The molecule has 0 bridgehead atoms. The van der Waals surface area contributed by atoms with Gasteiger partial charge >= 0.3 is 0 Å². The predicted molar refractivity (Wildman–Crippen MR) is 113 cm³/mol. The van der Waals surface area contributed by atoms with E-state index in [0.29, 0.717) is 18.7 Å². The standard InChI is InChI=1S/C22H29N5O2/c1-4-25-11-13-26(14-12-25)21-19-15-27(10-9-20(19)23-16(2)24-21)22(28)17-5-7-18(29-3)8-6-17/h5-8H,4,9-15H2,1-3H3. The van der Waals surface area contributed by atoms with Gasteiger partial charge in [-0.25, -0.2) is 9.97 Å². The molecule has 2 aliphatic rings. The number of methoxy groups -OCH3 is 1. The number of carbonyl (C=O) groups is 1. The Hall–Kier alpha value is -2.67. The summed E-state index contributed by atoms with van der Waals surface area (Å²) in [5.74, 6) is 2.62. The molecule has 1 aromatic heterocycles. The maximum atomic E-state index is 13.1. The number of hydrogen-bond acceptors (Lipinski definition) is 6. The second-order valence-corrected chi connectivity index (χ2v) is 7.65. The third-order valence-electron chi connectivity index (χ3n) is 5.89. The molecule has 0 spiro atoms. The number of nitrogens with zero attached hydrogens (tertiary/aromatic N) is 5. The van der Waals surface area contributed by atoms with Gasteiger partial charge in [0.15, 0.2) is 0 Å². The molecule has 0 N–H and O–H groups in total. The van der Waals surface area contributed by atoms with Gasteiger partial charge in [0.2, 0.25) is 0 Å². The van der Waals surface area contributed by atoms with E-state index >= 15 is 0 Å². The van der Waals surface area contributed by atoms with Crippen LogP contribution in [0, 0.1) is 6.92 Å². The van der Waals surface area contributed by atoms with Crippen LogP contribution in [-0.4, -0.2) is 72.1 Å². The smallest absolute Gasteiger partial charge is 0.254 e. The Bertz CT molecular complexity index is 876. The van der Waals surface area contributed by atoms with Gasteiger partial charge in [0, 0.05) is 50.3 Å². The van der Waals surface area contributed by atoms with Gasteiger partial charge in [-0.3, -0.25) is 4.79 Å². The van der Waals surface area contributed by atoms with E-state index in [0.717, 1.165) is 67.8 Å². The van der Waals surface area contributed by atoms with Crippen molar-refractivity contribution >= 4 is 11.7 Å². The minimum Gasteiger partial charge on any atom is -0.497 e. The molecule has 1 fully saturated rings. The Balaban J connectivity index is 1.57. The lowest BCUT2D eigenvalue weighted by molar-refractivity contribution is 0.0733. The zero-order valence-electron chi connectivity index (χ0n) is 17.5. The second kappa shape index (κ2) is 8.37. The van der Waals surface area contributed by atoms with Crippen LogP contribution in [0.25, 0.3) is 0 Å². The fraction of sp³-hybridized carbons (Fsp3) is 0.500. The molecule has 0 saturated carbocycles. The van der Waals surface area contributed by atoms with Crippen LogP contribution < -0.4 is 9.64 Å². The number of piperazine rings is 1. The number of anilines is 1. The lowest BCUT2D eigenvalue weighted by Gasteiger charge is -2.37. The summed E-state index contributed by atoms with van der Waals surface area (Å²) in [5.41, 5.74) is 2.87. The molecule has 29 heavy (non-hydrogen) atoms. The summed E-state index contributed by atoms with van der Waals surface area (Å²) in [6.45, 7) is 10.5. The molecule has 0 atom stereocenters. The summed E-state index contributed by atoms with van der Waals surface area (Å²) in [7, 11) is 1.63. The molecule has 7 heteroatoms. The van der Waals surface area contributed by atoms with Crippen LogP contribution in [0.5, 0.6) is 5.75 Å². The number of carbonyl (C=O) groups excluding carboxylic acids is 1. The number of ether oxygens (including phenoxy) is 1. The van der Waals surface area contributed by atoms with Crippen LogP contribution >= 0.6 is 0 Å². The van der Waals surface area contributed by atoms with Crippen LogP contribution in [0.4, 0.5) is 5.82 Å². The van der Waals surface area contributed by atoms with Gasteiger partial charge in [-0.2, -0.15) is 0 Å². The van der Waals surface area contributed by atoms with E-state index in [4.69, 9.17) is 9.72 Å². The number of benzene rings is 1. The van der Waals surface area contributed by atoms with Crippen molar-refractivity contribution in [3.63, 3.8) is 0 Å². The topological polar surface area (TPSA) is 61.8 Å². The van der Waals surface area contributed by atoms with Crippen molar-refractivity contribution in [1.82, 2.24) is 19.8 Å². The Labute approximate surface area is 172 Å². The number of rotatable bonds is 4. The molecular weight excluding hydrogens is 366 g/mol. The van der Waals surface area contributed by atoms with Crippen molar-refractivity contribution in [2.24, 2.45) is 0 Å². The summed E-state index contributed by atoms with van der Waals surface area (Å²) in [6.07, 6.45) is 0.766. The fourth-order valence-electron chi connectivity index (χ4n) is 4.14. The van der Waals surface area contributed by atoms with Gasteiger partial charge < -0.3 is 19.4 Å². The number of hydrogen-bond donors (Lipinski definition) is 0. The van der Waals surface area contributed by atoms with Crippen LogP contribution in [0.2, 0.25) is 0 Å². The summed E-state index contributed by atoms with van der Waals surface area (Å²) >= 11 is 0. The summed E-state index contributed by atoms with van der Waals surface area (Å²) in [6, 6.07) is 7.31. The van der Waals surface area contributed by atoms with E-state index in [1.807, 2.05) is 36.1 Å². The molecule has 1 saturated heterocycles. The zero-order chi connectivity index (χ0) is 20.4. The predicted octanol–water partition coefficient (Wildman–Crippen LogP) is 2.13. The first kappa shape index (κ1) is 19.6. The molecule has 4 rings (SSSR count). The lowest BCUT2D eigenvalue weighted by atomic mass is 10.0. The first-order valence-corrected chi connectivity index (χ1v) is 10.4. The van der Waals surface area contributed by atoms with Gasteiger partial charge in [0.1, 0.15) is 17.4 Å². The van der Waals surface area contributed by atoms with E-state index in [1.165, 1.54) is 0 Å². The number of amides is 1. The maximum Gasteiger partial charge on any atom is 0.254 e. The van der Waals surface area contributed by atoms with Gasteiger partial charge in [0.25, 0.3) is 5.91 Å². The Morgan fingerprint density at radius 3 is 2.45 bits per heavy atom. The molecule has 7 nitrogen and oxygen atoms in total. The molecule has 2 aromatic rings. The Kier molecular flexibility index (Phi) is 5.67. The van der Waals surface area contributed by atoms with E-state index in [-0.39, 0.29) is 5.91 Å². The third-order valence-corrected chi connectivity index (χ3v) is 5.89. The number of likely N-dealkylation sites (N-methyl/N-ethyl adjacent to an activating group) is 1. The van der Waals surface area contributed by atoms with E-state index in [2.05, 4.69) is 21.7 Å². The molecular formula is C22H29N5O2. The van der Waals surface area contributed by atoms with Gasteiger partial charge in [-0.1, -0.05) is 6.92 Å². The minimum absolute atomic E-state index is 0.0423. The summed E-state index contributed by atoms with van der Waals surface area (Å²) in [5, 5.41) is 0. The van der Waals surface area contributed by atoms with Crippen LogP contribution in [-0.2, 0) is 13.0 Å². The van der Waals surface area contributed by atoms with E-state index in [9.17, 15) is 4.79 Å². The number of fused-ring (bicyclic) bond motifs is 1. The van der Waals surface area contributed by atoms with Crippen LogP contribution in [0.15, 0.2) is 24.3 Å². The maximum absolute atomic E-state index is 13.1. The van der Waals surface area contributed by atoms with Crippen molar-refractivity contribution in [3.8, 4) is 5.75 Å². The monoisotopic (exact) mass is 395 g/mol. The quantitative estimate of drug-likeness (QED) is 0.790.